The minimum Gasteiger partial charge on any atom is -0.490 e. The summed E-state index contributed by atoms with van der Waals surface area (Å²) in [4.78, 5) is 0. The molecule has 1 rings (SSSR count). The number of unbranched alkanes of at least 4 members (excludes halogenated alkanes) is 3. The van der Waals surface area contributed by atoms with Crippen molar-refractivity contribution in [1.29, 1.82) is 0 Å². The Labute approximate surface area is 142 Å². The average Bonchev–Trinajstić information content (AvgIpc) is 2.57. The van der Waals surface area contributed by atoms with Gasteiger partial charge in [0, 0.05) is 0 Å². The molecule has 0 aliphatic carbocycles. The quantitative estimate of drug-likeness (QED) is 0.322. The van der Waals surface area contributed by atoms with Crippen LogP contribution in [0.3, 0.4) is 0 Å². The fourth-order valence-electron chi connectivity index (χ4n) is 2.52. The highest BCUT2D eigenvalue weighted by Gasteiger charge is 2.13. The van der Waals surface area contributed by atoms with Crippen molar-refractivity contribution in [2.24, 2.45) is 0 Å². The smallest absolute Gasteiger partial charge is 0.164 e. The second kappa shape index (κ2) is 12.0. The molecular weight excluding hydrogens is 284 g/mol. The molecule has 0 heterocycles. The molecule has 0 unspecified atom stereocenters. The predicted molar refractivity (Wildman–Crippen MR) is 99.8 cm³/mol. The van der Waals surface area contributed by atoms with E-state index in [1.54, 1.807) is 0 Å². The topological polar surface area (TPSA) is 18.5 Å². The van der Waals surface area contributed by atoms with Gasteiger partial charge in [-0.3, -0.25) is 0 Å². The van der Waals surface area contributed by atoms with Crippen LogP contribution in [-0.2, 0) is 12.8 Å². The van der Waals surface area contributed by atoms with Gasteiger partial charge in [-0.15, -0.1) is 6.58 Å². The van der Waals surface area contributed by atoms with Gasteiger partial charge in [-0.1, -0.05) is 52.2 Å². The van der Waals surface area contributed by atoms with E-state index in [-0.39, 0.29) is 0 Å². The van der Waals surface area contributed by atoms with E-state index >= 15 is 0 Å². The third-order valence-corrected chi connectivity index (χ3v) is 3.97. The van der Waals surface area contributed by atoms with Gasteiger partial charge in [-0.05, 0) is 49.3 Å². The van der Waals surface area contributed by atoms with Crippen LogP contribution in [0.5, 0.6) is 11.5 Å². The van der Waals surface area contributed by atoms with Crippen LogP contribution in [0.4, 0.5) is 0 Å². The maximum absolute atomic E-state index is 6.07. The van der Waals surface area contributed by atoms with Crippen LogP contribution in [0.15, 0.2) is 24.8 Å². The van der Waals surface area contributed by atoms with E-state index in [2.05, 4.69) is 39.5 Å². The molecule has 0 radical (unpaired) electrons. The van der Waals surface area contributed by atoms with Crippen molar-refractivity contribution in [3.8, 4) is 11.5 Å². The van der Waals surface area contributed by atoms with E-state index in [1.165, 1.54) is 30.4 Å². The summed E-state index contributed by atoms with van der Waals surface area (Å²) >= 11 is 0. The van der Waals surface area contributed by atoms with Crippen LogP contribution >= 0.6 is 0 Å². The summed E-state index contributed by atoms with van der Waals surface area (Å²) in [6.45, 7) is 11.8. The number of hydrogen-bond donors (Lipinski definition) is 0. The Balaban J connectivity index is 2.99. The minimum absolute atomic E-state index is 0.667. The highest BCUT2D eigenvalue weighted by molar-refractivity contribution is 5.50. The molecule has 1 aromatic carbocycles. The summed E-state index contributed by atoms with van der Waals surface area (Å²) in [7, 11) is 0. The van der Waals surface area contributed by atoms with Crippen molar-refractivity contribution in [1.82, 2.24) is 0 Å². The third-order valence-electron chi connectivity index (χ3n) is 3.97. The SMILES string of the molecule is C=CCCOc1c(CCCCC)cc(CC)cc1OCCCC. The number of ether oxygens (including phenoxy) is 2. The van der Waals surface area contributed by atoms with Gasteiger partial charge in [0.05, 0.1) is 13.2 Å². The molecule has 0 aromatic heterocycles. The van der Waals surface area contributed by atoms with E-state index < -0.39 is 0 Å². The summed E-state index contributed by atoms with van der Waals surface area (Å²) in [5.74, 6) is 1.88. The molecule has 2 heteroatoms. The van der Waals surface area contributed by atoms with Crippen LogP contribution in [0.1, 0.15) is 70.4 Å². The Morgan fingerprint density at radius 2 is 1.74 bits per heavy atom. The highest BCUT2D eigenvalue weighted by atomic mass is 16.5. The summed E-state index contributed by atoms with van der Waals surface area (Å²) in [5.41, 5.74) is 2.63. The molecule has 0 saturated heterocycles. The molecule has 23 heavy (non-hydrogen) atoms. The highest BCUT2D eigenvalue weighted by Crippen LogP contribution is 2.35. The second-order valence-corrected chi connectivity index (χ2v) is 6.02. The fraction of sp³-hybridized carbons (Fsp3) is 0.619. The second-order valence-electron chi connectivity index (χ2n) is 6.02. The largest absolute Gasteiger partial charge is 0.490 e. The lowest BCUT2D eigenvalue weighted by Gasteiger charge is -2.18. The van der Waals surface area contributed by atoms with Crippen molar-refractivity contribution >= 4 is 0 Å². The van der Waals surface area contributed by atoms with Crippen LogP contribution in [-0.4, -0.2) is 13.2 Å². The molecule has 130 valence electrons. The Bertz CT molecular complexity index is 420. The summed E-state index contributed by atoms with van der Waals surface area (Å²) in [6, 6.07) is 4.45. The number of benzene rings is 1. The number of hydrogen-bond acceptors (Lipinski definition) is 2. The van der Waals surface area contributed by atoms with Crippen molar-refractivity contribution in [3.05, 3.63) is 35.9 Å². The molecule has 0 spiro atoms. The molecule has 0 aliphatic rings. The van der Waals surface area contributed by atoms with Gasteiger partial charge in [0.2, 0.25) is 0 Å². The maximum atomic E-state index is 6.07. The number of rotatable bonds is 13. The summed E-state index contributed by atoms with van der Waals surface area (Å²) in [5, 5.41) is 0. The fourth-order valence-corrected chi connectivity index (χ4v) is 2.52. The number of aryl methyl sites for hydroxylation is 2. The monoisotopic (exact) mass is 318 g/mol. The van der Waals surface area contributed by atoms with Crippen LogP contribution in [0.25, 0.3) is 0 Å². The standard InChI is InChI=1S/C21H34O2/c1-5-9-12-13-19-16-18(8-4)17-20(22-14-10-6-2)21(19)23-15-11-7-3/h7,16-17H,3,5-6,8-15H2,1-2,4H3. The Morgan fingerprint density at radius 1 is 0.957 bits per heavy atom. The lowest BCUT2D eigenvalue weighted by molar-refractivity contribution is 0.265. The van der Waals surface area contributed by atoms with E-state index in [0.717, 1.165) is 50.2 Å². The van der Waals surface area contributed by atoms with Crippen LogP contribution in [0.2, 0.25) is 0 Å². The Kier molecular flexibility index (Phi) is 10.3. The first kappa shape index (κ1) is 19.6. The zero-order chi connectivity index (χ0) is 16.9. The first-order chi connectivity index (χ1) is 11.3. The molecule has 0 aliphatic heterocycles. The molecule has 0 amide bonds. The van der Waals surface area contributed by atoms with E-state index in [0.29, 0.717) is 6.61 Å². The normalized spacial score (nSPS) is 10.6. The van der Waals surface area contributed by atoms with E-state index in [4.69, 9.17) is 9.47 Å². The van der Waals surface area contributed by atoms with Gasteiger partial charge in [-0.2, -0.15) is 0 Å². The Hall–Kier alpha value is -1.44. The van der Waals surface area contributed by atoms with E-state index in [1.807, 2.05) is 6.08 Å². The maximum Gasteiger partial charge on any atom is 0.164 e. The van der Waals surface area contributed by atoms with Gasteiger partial charge in [0.15, 0.2) is 11.5 Å². The zero-order valence-corrected chi connectivity index (χ0v) is 15.3. The lowest BCUT2D eigenvalue weighted by atomic mass is 10.0. The average molecular weight is 319 g/mol. The molecule has 0 bridgehead atoms. The van der Waals surface area contributed by atoms with Crippen molar-refractivity contribution in [2.75, 3.05) is 13.2 Å². The van der Waals surface area contributed by atoms with Crippen molar-refractivity contribution in [2.45, 2.75) is 72.1 Å². The molecular formula is C21H34O2. The van der Waals surface area contributed by atoms with Gasteiger partial charge >= 0.3 is 0 Å². The molecule has 1 aromatic rings. The molecule has 0 N–H and O–H groups in total. The first-order valence-corrected chi connectivity index (χ1v) is 9.29. The molecule has 0 fully saturated rings. The van der Waals surface area contributed by atoms with Crippen LogP contribution < -0.4 is 9.47 Å². The van der Waals surface area contributed by atoms with Gasteiger partial charge in [0.25, 0.3) is 0 Å². The van der Waals surface area contributed by atoms with Crippen molar-refractivity contribution in [3.63, 3.8) is 0 Å². The van der Waals surface area contributed by atoms with Gasteiger partial charge in [0.1, 0.15) is 0 Å². The lowest BCUT2D eigenvalue weighted by Crippen LogP contribution is -2.06. The summed E-state index contributed by atoms with van der Waals surface area (Å²) < 4.78 is 12.1. The summed E-state index contributed by atoms with van der Waals surface area (Å²) in [6.07, 6.45) is 10.8. The minimum atomic E-state index is 0.667. The van der Waals surface area contributed by atoms with E-state index in [9.17, 15) is 0 Å². The molecule has 0 atom stereocenters. The van der Waals surface area contributed by atoms with Gasteiger partial charge in [-0.25, -0.2) is 0 Å². The Morgan fingerprint density at radius 3 is 2.39 bits per heavy atom. The third kappa shape index (κ3) is 7.11. The van der Waals surface area contributed by atoms with Gasteiger partial charge < -0.3 is 9.47 Å². The predicted octanol–water partition coefficient (Wildman–Crippen LogP) is 6.12. The zero-order valence-electron chi connectivity index (χ0n) is 15.3. The molecule has 0 saturated carbocycles. The van der Waals surface area contributed by atoms with Crippen LogP contribution in [0, 0.1) is 0 Å². The molecule has 2 nitrogen and oxygen atoms in total. The van der Waals surface area contributed by atoms with Crippen molar-refractivity contribution < 1.29 is 9.47 Å². The first-order valence-electron chi connectivity index (χ1n) is 9.29.